The van der Waals surface area contributed by atoms with Gasteiger partial charge in [-0.1, -0.05) is 58.0 Å². The topological polar surface area (TPSA) is 136 Å². The predicted octanol–water partition coefficient (Wildman–Crippen LogP) is 4.90. The van der Waals surface area contributed by atoms with Gasteiger partial charge in [-0.25, -0.2) is 18.2 Å². The van der Waals surface area contributed by atoms with Gasteiger partial charge in [0.1, 0.15) is 11.6 Å². The van der Waals surface area contributed by atoms with Crippen molar-refractivity contribution in [2.45, 2.75) is 70.7 Å². The Bertz CT molecular complexity index is 1810. The molecule has 0 aliphatic carbocycles. The van der Waals surface area contributed by atoms with Gasteiger partial charge in [0.25, 0.3) is 0 Å². The molecule has 2 aromatic heterocycles. The number of aliphatic hydroxyl groups is 1. The van der Waals surface area contributed by atoms with E-state index in [-0.39, 0.29) is 42.3 Å². The van der Waals surface area contributed by atoms with Crippen LogP contribution in [-0.2, 0) is 27.8 Å². The second-order valence-electron chi connectivity index (χ2n) is 13.2. The van der Waals surface area contributed by atoms with Crippen LogP contribution >= 0.6 is 11.3 Å². The number of hydrogen-bond acceptors (Lipinski definition) is 8. The van der Waals surface area contributed by atoms with E-state index in [1.807, 2.05) is 70.3 Å². The first-order valence-corrected chi connectivity index (χ1v) is 18.6. The summed E-state index contributed by atoms with van der Waals surface area (Å²) in [6, 6.07) is 14.0. The maximum atomic E-state index is 14.1. The van der Waals surface area contributed by atoms with Gasteiger partial charge in [-0.2, -0.15) is 4.31 Å². The molecule has 4 aromatic rings. The van der Waals surface area contributed by atoms with E-state index in [0.717, 1.165) is 16.3 Å². The minimum Gasteiger partial charge on any atom is -0.464 e. The van der Waals surface area contributed by atoms with Gasteiger partial charge >= 0.3 is 6.03 Å². The zero-order valence-corrected chi connectivity index (χ0v) is 29.7. The molecule has 0 saturated carbocycles. The van der Waals surface area contributed by atoms with Gasteiger partial charge in [-0.15, -0.1) is 11.3 Å². The lowest BCUT2D eigenvalue weighted by Gasteiger charge is -2.34. The van der Waals surface area contributed by atoms with Crippen LogP contribution in [0, 0.1) is 18.8 Å². The molecule has 1 fully saturated rings. The van der Waals surface area contributed by atoms with Gasteiger partial charge in [0.2, 0.25) is 15.9 Å². The summed E-state index contributed by atoms with van der Waals surface area (Å²) in [6.07, 6.45) is 0.512. The molecule has 1 aliphatic rings. The summed E-state index contributed by atoms with van der Waals surface area (Å²) < 4.78 is 34.7. The summed E-state index contributed by atoms with van der Waals surface area (Å²) in [5, 5.41) is 18.3. The Hall–Kier alpha value is -3.78. The summed E-state index contributed by atoms with van der Waals surface area (Å²) in [7, 11) is -4.02. The van der Waals surface area contributed by atoms with Gasteiger partial charge in [-0.05, 0) is 55.0 Å². The number of carbonyl (C=O) groups excluding carboxylic acids is 2. The first-order chi connectivity index (χ1) is 22.8. The molecule has 48 heavy (non-hydrogen) atoms. The highest BCUT2D eigenvalue weighted by molar-refractivity contribution is 7.89. The van der Waals surface area contributed by atoms with Crippen LogP contribution in [0.4, 0.5) is 4.79 Å². The molecule has 1 unspecified atom stereocenters. The molecule has 0 spiro atoms. The number of rotatable bonds is 15. The summed E-state index contributed by atoms with van der Waals surface area (Å²) in [5.41, 5.74) is 2.26. The van der Waals surface area contributed by atoms with E-state index in [1.165, 1.54) is 28.0 Å². The molecule has 0 bridgehead atoms. The highest BCUT2D eigenvalue weighted by Gasteiger charge is 2.40. The van der Waals surface area contributed by atoms with Crippen molar-refractivity contribution in [1.82, 2.24) is 24.4 Å². The first kappa shape index (κ1) is 35.5. The van der Waals surface area contributed by atoms with Crippen LogP contribution in [0.5, 0.6) is 0 Å². The Labute approximate surface area is 286 Å². The summed E-state index contributed by atoms with van der Waals surface area (Å²) >= 11 is 1.53. The van der Waals surface area contributed by atoms with Crippen LogP contribution in [0.25, 0.3) is 11.0 Å². The molecule has 3 heterocycles. The molecular formula is C35H45N5O6S2. The fourth-order valence-electron chi connectivity index (χ4n) is 6.17. The average Bonchev–Trinajstić information content (AvgIpc) is 3.77. The van der Waals surface area contributed by atoms with Crippen molar-refractivity contribution in [3.63, 3.8) is 0 Å². The van der Waals surface area contributed by atoms with E-state index in [4.69, 9.17) is 4.42 Å². The van der Waals surface area contributed by atoms with E-state index in [9.17, 15) is 23.1 Å². The maximum absolute atomic E-state index is 14.1. The van der Waals surface area contributed by atoms with Gasteiger partial charge in [0.05, 0.1) is 40.6 Å². The Kier molecular flexibility index (Phi) is 11.2. The van der Waals surface area contributed by atoms with Crippen molar-refractivity contribution >= 4 is 44.3 Å². The molecular weight excluding hydrogens is 651 g/mol. The van der Waals surface area contributed by atoms with Gasteiger partial charge in [-0.3, -0.25) is 4.79 Å². The fraction of sp³-hybridized carbons (Fsp3) is 0.457. The molecule has 3 amide bonds. The predicted molar refractivity (Wildman–Crippen MR) is 186 cm³/mol. The lowest BCUT2D eigenvalue weighted by Crippen LogP contribution is -2.57. The second kappa shape index (κ2) is 15.2. The standard InChI is InChI=1S/C35H45N5O6S2/c1-23(2)19-39(48(44,45)29-11-12-32-27(18-29)13-16-46-32)21-31(41)30(17-26-9-7-6-8-10-26)37-34(42)33(24(3)4)40-15-14-38(35(40)43)20-28-22-47-25(5)36-28/h6-13,16,18,22-24,30-31,33,41H,14-15,17,19-21H2,1-5H3,(H,37,42)/t30-,31+,33?/m0/s1. The Morgan fingerprint density at radius 2 is 1.83 bits per heavy atom. The van der Waals surface area contributed by atoms with Crippen molar-refractivity contribution in [2.24, 2.45) is 11.8 Å². The van der Waals surface area contributed by atoms with E-state index >= 15 is 0 Å². The fourth-order valence-corrected chi connectivity index (χ4v) is 8.44. The number of hydrogen-bond donors (Lipinski definition) is 2. The quantitative estimate of drug-likeness (QED) is 0.181. The SMILES string of the molecule is Cc1nc(CN2CCN(C(C(=O)N[C@@H](Cc3ccccc3)[C@H](O)CN(CC(C)C)S(=O)(=O)c3ccc4occc4c3)C(C)C)C2=O)cs1. The zero-order chi connectivity index (χ0) is 34.6. The van der Waals surface area contributed by atoms with Crippen LogP contribution in [0.15, 0.2) is 75.6 Å². The number of aliphatic hydroxyl groups excluding tert-OH is 1. The molecule has 258 valence electrons. The Balaban J connectivity index is 1.37. The molecule has 5 rings (SSSR count). The molecule has 1 aliphatic heterocycles. The normalized spacial score (nSPS) is 16.0. The molecule has 2 aromatic carbocycles. The number of nitrogens with zero attached hydrogens (tertiary/aromatic N) is 4. The number of nitrogens with one attached hydrogen (secondary N) is 1. The molecule has 13 heteroatoms. The number of thiazole rings is 1. The number of benzene rings is 2. The minimum atomic E-state index is -4.02. The third-order valence-electron chi connectivity index (χ3n) is 8.49. The van der Waals surface area contributed by atoms with Crippen LogP contribution in [0.1, 0.15) is 44.0 Å². The monoisotopic (exact) mass is 695 g/mol. The number of sulfonamides is 1. The number of urea groups is 1. The van der Waals surface area contributed by atoms with E-state index in [1.54, 1.807) is 28.0 Å². The van der Waals surface area contributed by atoms with Crippen molar-refractivity contribution in [3.05, 3.63) is 82.5 Å². The van der Waals surface area contributed by atoms with Gasteiger partial charge < -0.3 is 24.6 Å². The number of aryl methyl sites for hydroxylation is 1. The first-order valence-electron chi connectivity index (χ1n) is 16.3. The number of fused-ring (bicyclic) bond motifs is 1. The average molecular weight is 696 g/mol. The van der Waals surface area contributed by atoms with Crippen molar-refractivity contribution < 1.29 is 27.5 Å². The molecule has 0 radical (unpaired) electrons. The summed E-state index contributed by atoms with van der Waals surface area (Å²) in [6.45, 7) is 10.7. The van der Waals surface area contributed by atoms with E-state index < -0.39 is 34.1 Å². The third-order valence-corrected chi connectivity index (χ3v) is 11.1. The minimum absolute atomic E-state index is 0.0329. The summed E-state index contributed by atoms with van der Waals surface area (Å²) in [4.78, 5) is 35.5. The smallest absolute Gasteiger partial charge is 0.321 e. The summed E-state index contributed by atoms with van der Waals surface area (Å²) in [5.74, 6) is -0.650. The van der Waals surface area contributed by atoms with Crippen LogP contribution in [0.3, 0.4) is 0 Å². The van der Waals surface area contributed by atoms with E-state index in [0.29, 0.717) is 30.6 Å². The third kappa shape index (κ3) is 8.25. The Morgan fingerprint density at radius 1 is 1.08 bits per heavy atom. The van der Waals surface area contributed by atoms with Crippen LogP contribution < -0.4 is 5.32 Å². The van der Waals surface area contributed by atoms with Gasteiger partial charge in [0, 0.05) is 36.9 Å². The molecule has 1 saturated heterocycles. The zero-order valence-electron chi connectivity index (χ0n) is 28.1. The maximum Gasteiger partial charge on any atom is 0.321 e. The lowest BCUT2D eigenvalue weighted by molar-refractivity contribution is -0.128. The van der Waals surface area contributed by atoms with E-state index in [2.05, 4.69) is 10.3 Å². The highest BCUT2D eigenvalue weighted by atomic mass is 32.2. The molecule has 2 N–H and O–H groups in total. The molecule has 11 nitrogen and oxygen atoms in total. The number of furan rings is 1. The van der Waals surface area contributed by atoms with Crippen molar-refractivity contribution in [2.75, 3.05) is 26.2 Å². The van der Waals surface area contributed by atoms with Crippen molar-refractivity contribution in [3.8, 4) is 0 Å². The second-order valence-corrected chi connectivity index (χ2v) is 16.2. The number of amides is 3. The number of carbonyl (C=O) groups is 2. The van der Waals surface area contributed by atoms with Crippen LogP contribution in [-0.4, -0.2) is 88.9 Å². The highest BCUT2D eigenvalue weighted by Crippen LogP contribution is 2.25. The largest absolute Gasteiger partial charge is 0.464 e. The van der Waals surface area contributed by atoms with Crippen molar-refractivity contribution in [1.29, 1.82) is 0 Å². The number of aromatic nitrogens is 1. The van der Waals surface area contributed by atoms with Crippen LogP contribution in [0.2, 0.25) is 0 Å². The Morgan fingerprint density at radius 3 is 2.50 bits per heavy atom. The lowest BCUT2D eigenvalue weighted by atomic mass is 9.97. The molecule has 3 atom stereocenters. The van der Waals surface area contributed by atoms with Gasteiger partial charge in [0.15, 0.2) is 0 Å².